The maximum absolute atomic E-state index is 8.97. The molecule has 1 aromatic heterocycles. The lowest BCUT2D eigenvalue weighted by Gasteiger charge is -2.10. The van der Waals surface area contributed by atoms with Crippen LogP contribution in [0.1, 0.15) is 26.1 Å². The molecule has 0 radical (unpaired) electrons. The lowest BCUT2D eigenvalue weighted by Crippen LogP contribution is -2.10. The van der Waals surface area contributed by atoms with Gasteiger partial charge in [0, 0.05) is 6.54 Å². The fourth-order valence-corrected chi connectivity index (χ4v) is 1.33. The van der Waals surface area contributed by atoms with E-state index >= 15 is 0 Å². The van der Waals surface area contributed by atoms with Gasteiger partial charge in [-0.1, -0.05) is 20.3 Å². The summed E-state index contributed by atoms with van der Waals surface area (Å²) in [5.74, 6) is 1.17. The molecule has 0 bridgehead atoms. The molecule has 5 heteroatoms. The molecule has 0 saturated heterocycles. The standard InChI is InChI=1S/C8H15N3OS/c1-3-6(2)4-11-7(5-12)9-10-8(11)13/h6,12H,3-5H2,1-2H3,(H,10,13). The molecule has 1 atom stereocenters. The van der Waals surface area contributed by atoms with Crippen LogP contribution in [0.25, 0.3) is 0 Å². The maximum atomic E-state index is 8.97. The van der Waals surface area contributed by atoms with Crippen LogP contribution in [0, 0.1) is 10.7 Å². The second-order valence-electron chi connectivity index (χ2n) is 3.23. The van der Waals surface area contributed by atoms with Gasteiger partial charge < -0.3 is 9.67 Å². The van der Waals surface area contributed by atoms with Crippen LogP contribution in [-0.4, -0.2) is 19.9 Å². The van der Waals surface area contributed by atoms with Gasteiger partial charge in [0.05, 0.1) is 0 Å². The molecule has 4 nitrogen and oxygen atoms in total. The highest BCUT2D eigenvalue weighted by Gasteiger charge is 2.07. The van der Waals surface area contributed by atoms with Crippen LogP contribution in [0.15, 0.2) is 0 Å². The second kappa shape index (κ2) is 4.53. The van der Waals surface area contributed by atoms with E-state index in [-0.39, 0.29) is 6.61 Å². The summed E-state index contributed by atoms with van der Waals surface area (Å²) in [4.78, 5) is 0. The van der Waals surface area contributed by atoms with Gasteiger partial charge in [0.15, 0.2) is 10.6 Å². The molecule has 0 fully saturated rings. The predicted molar refractivity (Wildman–Crippen MR) is 52.8 cm³/mol. The number of aliphatic hydroxyl groups excluding tert-OH is 1. The van der Waals surface area contributed by atoms with Crippen LogP contribution in [0.5, 0.6) is 0 Å². The molecule has 1 heterocycles. The fourth-order valence-electron chi connectivity index (χ4n) is 1.10. The molecule has 1 aromatic rings. The summed E-state index contributed by atoms with van der Waals surface area (Å²) in [5.41, 5.74) is 0. The van der Waals surface area contributed by atoms with Crippen molar-refractivity contribution in [3.8, 4) is 0 Å². The first kappa shape index (κ1) is 10.4. The first-order valence-electron chi connectivity index (χ1n) is 4.44. The summed E-state index contributed by atoms with van der Waals surface area (Å²) in [6.45, 7) is 5.04. The minimum atomic E-state index is -0.0659. The Morgan fingerprint density at radius 1 is 1.69 bits per heavy atom. The van der Waals surface area contributed by atoms with Gasteiger partial charge in [0.1, 0.15) is 6.61 Å². The van der Waals surface area contributed by atoms with E-state index in [0.29, 0.717) is 16.5 Å². The molecule has 0 aliphatic rings. The summed E-state index contributed by atoms with van der Waals surface area (Å²) < 4.78 is 2.44. The number of aromatic amines is 1. The number of aromatic nitrogens is 3. The van der Waals surface area contributed by atoms with Crippen molar-refractivity contribution in [2.24, 2.45) is 5.92 Å². The van der Waals surface area contributed by atoms with Gasteiger partial charge in [-0.3, -0.25) is 5.10 Å². The van der Waals surface area contributed by atoms with Crippen molar-refractivity contribution < 1.29 is 5.11 Å². The third kappa shape index (κ3) is 2.38. The lowest BCUT2D eigenvalue weighted by molar-refractivity contribution is 0.261. The summed E-state index contributed by atoms with van der Waals surface area (Å²) in [6, 6.07) is 0. The number of hydrogen-bond donors (Lipinski definition) is 2. The molecule has 0 spiro atoms. The number of rotatable bonds is 4. The zero-order valence-electron chi connectivity index (χ0n) is 7.95. The van der Waals surface area contributed by atoms with Crippen LogP contribution in [-0.2, 0) is 13.2 Å². The number of aliphatic hydroxyl groups is 1. The molecule has 1 unspecified atom stereocenters. The zero-order chi connectivity index (χ0) is 9.84. The van der Waals surface area contributed by atoms with Gasteiger partial charge in [0.2, 0.25) is 0 Å². The summed E-state index contributed by atoms with van der Waals surface area (Å²) in [5, 5.41) is 15.6. The first-order chi connectivity index (χ1) is 6.19. The molecule has 74 valence electrons. The summed E-state index contributed by atoms with van der Waals surface area (Å²) in [6.07, 6.45) is 1.10. The van der Waals surface area contributed by atoms with Gasteiger partial charge in [-0.05, 0) is 18.1 Å². The quantitative estimate of drug-likeness (QED) is 0.725. The maximum Gasteiger partial charge on any atom is 0.195 e. The van der Waals surface area contributed by atoms with E-state index in [9.17, 15) is 0 Å². The van der Waals surface area contributed by atoms with E-state index in [4.69, 9.17) is 17.3 Å². The van der Waals surface area contributed by atoms with Crippen molar-refractivity contribution in [1.82, 2.24) is 14.8 Å². The lowest BCUT2D eigenvalue weighted by atomic mass is 10.1. The van der Waals surface area contributed by atoms with Gasteiger partial charge in [-0.25, -0.2) is 0 Å². The van der Waals surface area contributed by atoms with Crippen molar-refractivity contribution in [3.05, 3.63) is 10.6 Å². The molecule has 0 amide bonds. The molecule has 0 saturated carbocycles. The molecular weight excluding hydrogens is 186 g/mol. The normalized spacial score (nSPS) is 13.2. The average molecular weight is 201 g/mol. The molecule has 0 aromatic carbocycles. The second-order valence-corrected chi connectivity index (χ2v) is 3.61. The Labute approximate surface area is 82.6 Å². The number of nitrogens with zero attached hydrogens (tertiary/aromatic N) is 2. The topological polar surface area (TPSA) is 53.8 Å². The highest BCUT2D eigenvalue weighted by Crippen LogP contribution is 2.07. The van der Waals surface area contributed by atoms with Crippen LogP contribution >= 0.6 is 12.2 Å². The van der Waals surface area contributed by atoms with E-state index in [2.05, 4.69) is 24.0 Å². The van der Waals surface area contributed by atoms with Gasteiger partial charge in [-0.2, -0.15) is 5.10 Å². The highest BCUT2D eigenvalue weighted by atomic mass is 32.1. The minimum Gasteiger partial charge on any atom is -0.388 e. The number of nitrogens with one attached hydrogen (secondary N) is 1. The molecule has 0 aliphatic heterocycles. The van der Waals surface area contributed by atoms with E-state index < -0.39 is 0 Å². The largest absolute Gasteiger partial charge is 0.388 e. The van der Waals surface area contributed by atoms with Gasteiger partial charge in [0.25, 0.3) is 0 Å². The van der Waals surface area contributed by atoms with E-state index in [1.165, 1.54) is 0 Å². The van der Waals surface area contributed by atoms with Crippen molar-refractivity contribution in [2.45, 2.75) is 33.4 Å². The Morgan fingerprint density at radius 3 is 2.92 bits per heavy atom. The monoisotopic (exact) mass is 201 g/mol. The SMILES string of the molecule is CCC(C)Cn1c(CO)n[nH]c1=S. The minimum absolute atomic E-state index is 0.0659. The highest BCUT2D eigenvalue weighted by molar-refractivity contribution is 7.71. The van der Waals surface area contributed by atoms with E-state index in [1.54, 1.807) is 0 Å². The van der Waals surface area contributed by atoms with Crippen molar-refractivity contribution in [1.29, 1.82) is 0 Å². The Kier molecular flexibility index (Phi) is 3.62. The number of H-pyrrole nitrogens is 1. The fraction of sp³-hybridized carbons (Fsp3) is 0.750. The van der Waals surface area contributed by atoms with Gasteiger partial charge >= 0.3 is 0 Å². The summed E-state index contributed by atoms with van der Waals surface area (Å²) >= 11 is 5.04. The van der Waals surface area contributed by atoms with Crippen LogP contribution in [0.4, 0.5) is 0 Å². The molecule has 0 aliphatic carbocycles. The first-order valence-corrected chi connectivity index (χ1v) is 4.84. The Balaban J connectivity index is 2.85. The average Bonchev–Trinajstić information content (AvgIpc) is 2.48. The zero-order valence-corrected chi connectivity index (χ0v) is 8.77. The van der Waals surface area contributed by atoms with Crippen LogP contribution < -0.4 is 0 Å². The third-order valence-electron chi connectivity index (χ3n) is 2.17. The molecule has 13 heavy (non-hydrogen) atoms. The van der Waals surface area contributed by atoms with Crippen LogP contribution in [0.3, 0.4) is 0 Å². The third-order valence-corrected chi connectivity index (χ3v) is 2.48. The van der Waals surface area contributed by atoms with Gasteiger partial charge in [-0.15, -0.1) is 0 Å². The Morgan fingerprint density at radius 2 is 2.38 bits per heavy atom. The smallest absolute Gasteiger partial charge is 0.195 e. The van der Waals surface area contributed by atoms with Crippen molar-refractivity contribution in [3.63, 3.8) is 0 Å². The molecule has 1 rings (SSSR count). The van der Waals surface area contributed by atoms with Crippen molar-refractivity contribution >= 4 is 12.2 Å². The van der Waals surface area contributed by atoms with E-state index in [0.717, 1.165) is 13.0 Å². The summed E-state index contributed by atoms with van der Waals surface area (Å²) in [7, 11) is 0. The van der Waals surface area contributed by atoms with Crippen molar-refractivity contribution in [2.75, 3.05) is 0 Å². The molecular formula is C8H15N3OS. The Hall–Kier alpha value is -0.680. The van der Waals surface area contributed by atoms with E-state index in [1.807, 2.05) is 4.57 Å². The molecule has 2 N–H and O–H groups in total. The predicted octanol–water partition coefficient (Wildman–Crippen LogP) is 1.48. The van der Waals surface area contributed by atoms with Crippen LogP contribution in [0.2, 0.25) is 0 Å². The Bertz CT molecular complexity index is 317. The number of hydrogen-bond acceptors (Lipinski definition) is 3.